The highest BCUT2D eigenvalue weighted by molar-refractivity contribution is 5.56. The fourth-order valence-corrected chi connectivity index (χ4v) is 0.245. The molecule has 0 N–H and O–H groups in total. The van der Waals surface area contributed by atoms with Crippen molar-refractivity contribution >= 4 is 12.9 Å². The number of rotatable bonds is 3. The molecule has 0 amide bonds. The molecule has 0 saturated heterocycles. The van der Waals surface area contributed by atoms with Crippen molar-refractivity contribution in [3.8, 4) is 0 Å². The van der Waals surface area contributed by atoms with Crippen LogP contribution in [0.2, 0.25) is 0 Å². The smallest absolute Gasteiger partial charge is 0.128 e. The van der Waals surface area contributed by atoms with E-state index in [0.717, 1.165) is 6.42 Å². The molecule has 0 radical (unpaired) electrons. The SMILES string of the molecule is C=NC/N=C\CC. The molecule has 0 aliphatic heterocycles. The Morgan fingerprint density at radius 1 is 1.71 bits per heavy atom. The van der Waals surface area contributed by atoms with E-state index in [0.29, 0.717) is 6.67 Å². The Kier molecular flexibility index (Phi) is 4.84. The first-order chi connectivity index (χ1) is 3.41. The Hall–Kier alpha value is -0.660. The van der Waals surface area contributed by atoms with Gasteiger partial charge in [0.1, 0.15) is 6.67 Å². The molecule has 2 nitrogen and oxygen atoms in total. The molecule has 0 fully saturated rings. The summed E-state index contributed by atoms with van der Waals surface area (Å²) in [7, 11) is 0. The van der Waals surface area contributed by atoms with Crippen LogP contribution in [0.1, 0.15) is 13.3 Å². The second-order valence-electron chi connectivity index (χ2n) is 1.14. The van der Waals surface area contributed by atoms with Crippen LogP contribution in [-0.2, 0) is 0 Å². The van der Waals surface area contributed by atoms with Crippen LogP contribution in [-0.4, -0.2) is 19.6 Å². The molecule has 0 rings (SSSR count). The van der Waals surface area contributed by atoms with Crippen LogP contribution in [0.5, 0.6) is 0 Å². The zero-order valence-electron chi connectivity index (χ0n) is 4.59. The van der Waals surface area contributed by atoms with Gasteiger partial charge in [0.25, 0.3) is 0 Å². The first-order valence-corrected chi connectivity index (χ1v) is 2.32. The molecule has 0 aromatic carbocycles. The van der Waals surface area contributed by atoms with Crippen molar-refractivity contribution < 1.29 is 0 Å². The Labute approximate surface area is 44.0 Å². The van der Waals surface area contributed by atoms with Gasteiger partial charge >= 0.3 is 0 Å². The Balaban J connectivity index is 2.92. The highest BCUT2D eigenvalue weighted by Gasteiger charge is 1.63. The van der Waals surface area contributed by atoms with Crippen molar-refractivity contribution in [1.82, 2.24) is 0 Å². The lowest BCUT2D eigenvalue weighted by Gasteiger charge is -1.77. The summed E-state index contributed by atoms with van der Waals surface area (Å²) in [5.74, 6) is 0. The molecule has 0 aromatic rings. The Morgan fingerprint density at radius 3 is 2.86 bits per heavy atom. The lowest BCUT2D eigenvalue weighted by Crippen LogP contribution is -1.71. The normalized spacial score (nSPS) is 9.86. The van der Waals surface area contributed by atoms with E-state index < -0.39 is 0 Å². The summed E-state index contributed by atoms with van der Waals surface area (Å²) in [4.78, 5) is 7.38. The third-order valence-electron chi connectivity index (χ3n) is 0.493. The average Bonchev–Trinajstić information content (AvgIpc) is 1.69. The molecule has 0 aliphatic rings. The van der Waals surface area contributed by atoms with Crippen molar-refractivity contribution in [3.63, 3.8) is 0 Å². The standard InChI is InChI=1S/C5H10N2/c1-3-4-7-5-6-2/h4H,2-3,5H2,1H3/b7-4-. The van der Waals surface area contributed by atoms with Crippen LogP contribution in [0.25, 0.3) is 0 Å². The van der Waals surface area contributed by atoms with E-state index in [-0.39, 0.29) is 0 Å². The zero-order chi connectivity index (χ0) is 5.54. The van der Waals surface area contributed by atoms with Gasteiger partial charge in [-0.3, -0.25) is 9.98 Å². The molecule has 0 heterocycles. The molecular formula is C5H10N2. The molecule has 0 saturated carbocycles. The van der Waals surface area contributed by atoms with Crippen LogP contribution in [0, 0.1) is 0 Å². The van der Waals surface area contributed by atoms with E-state index in [9.17, 15) is 0 Å². The van der Waals surface area contributed by atoms with Gasteiger partial charge in [-0.15, -0.1) is 0 Å². The van der Waals surface area contributed by atoms with Gasteiger partial charge in [0.05, 0.1) is 0 Å². The maximum atomic E-state index is 3.85. The van der Waals surface area contributed by atoms with E-state index in [4.69, 9.17) is 0 Å². The zero-order valence-corrected chi connectivity index (χ0v) is 4.59. The number of aliphatic imine (C=N–C) groups is 2. The molecule has 0 atom stereocenters. The van der Waals surface area contributed by atoms with Gasteiger partial charge in [0.2, 0.25) is 0 Å². The van der Waals surface area contributed by atoms with Crippen LogP contribution < -0.4 is 0 Å². The summed E-state index contributed by atoms with van der Waals surface area (Å²) in [6.07, 6.45) is 2.81. The summed E-state index contributed by atoms with van der Waals surface area (Å²) in [6, 6.07) is 0. The van der Waals surface area contributed by atoms with Crippen molar-refractivity contribution in [3.05, 3.63) is 0 Å². The summed E-state index contributed by atoms with van der Waals surface area (Å²) < 4.78 is 0. The molecule has 40 valence electrons. The molecule has 2 heteroatoms. The van der Waals surface area contributed by atoms with Crippen LogP contribution in [0.4, 0.5) is 0 Å². The predicted molar refractivity (Wildman–Crippen MR) is 33.2 cm³/mol. The monoisotopic (exact) mass is 98.1 g/mol. The molecular weight excluding hydrogens is 88.1 g/mol. The van der Waals surface area contributed by atoms with Crippen molar-refractivity contribution in [2.24, 2.45) is 9.98 Å². The Morgan fingerprint density at radius 2 is 2.43 bits per heavy atom. The Bertz CT molecular complexity index is 66.5. The van der Waals surface area contributed by atoms with Gasteiger partial charge in [-0.25, -0.2) is 0 Å². The third-order valence-corrected chi connectivity index (χ3v) is 0.493. The molecule has 0 aromatic heterocycles. The fraction of sp³-hybridized carbons (Fsp3) is 0.600. The van der Waals surface area contributed by atoms with Crippen LogP contribution in [0.3, 0.4) is 0 Å². The van der Waals surface area contributed by atoms with E-state index in [1.807, 2.05) is 13.1 Å². The van der Waals surface area contributed by atoms with E-state index in [2.05, 4.69) is 16.7 Å². The number of hydrogen-bond donors (Lipinski definition) is 0. The number of nitrogens with zero attached hydrogens (tertiary/aromatic N) is 2. The molecule has 7 heavy (non-hydrogen) atoms. The molecule has 0 bridgehead atoms. The van der Waals surface area contributed by atoms with Gasteiger partial charge in [-0.1, -0.05) is 6.92 Å². The summed E-state index contributed by atoms with van der Waals surface area (Å²) in [5, 5.41) is 0. The quantitative estimate of drug-likeness (QED) is 0.473. The maximum absolute atomic E-state index is 3.85. The fourth-order valence-electron chi connectivity index (χ4n) is 0.245. The number of hydrogen-bond acceptors (Lipinski definition) is 2. The lowest BCUT2D eigenvalue weighted by atomic mass is 10.5. The van der Waals surface area contributed by atoms with E-state index >= 15 is 0 Å². The van der Waals surface area contributed by atoms with Crippen LogP contribution >= 0.6 is 0 Å². The minimum Gasteiger partial charge on any atom is -0.278 e. The minimum absolute atomic E-state index is 0.508. The summed E-state index contributed by atoms with van der Waals surface area (Å²) in [5.41, 5.74) is 0. The largest absolute Gasteiger partial charge is 0.278 e. The first-order valence-electron chi connectivity index (χ1n) is 2.32. The second-order valence-corrected chi connectivity index (χ2v) is 1.14. The van der Waals surface area contributed by atoms with Crippen molar-refractivity contribution in [2.45, 2.75) is 13.3 Å². The molecule has 0 unspecified atom stereocenters. The summed E-state index contributed by atoms with van der Waals surface area (Å²) in [6.45, 7) is 5.81. The van der Waals surface area contributed by atoms with Gasteiger partial charge in [-0.05, 0) is 13.1 Å². The predicted octanol–water partition coefficient (Wildman–Crippen LogP) is 1.13. The van der Waals surface area contributed by atoms with E-state index in [1.54, 1.807) is 0 Å². The minimum atomic E-state index is 0.508. The summed E-state index contributed by atoms with van der Waals surface area (Å²) >= 11 is 0. The van der Waals surface area contributed by atoms with Crippen molar-refractivity contribution in [2.75, 3.05) is 6.67 Å². The third kappa shape index (κ3) is 5.34. The average molecular weight is 98.1 g/mol. The maximum Gasteiger partial charge on any atom is 0.128 e. The van der Waals surface area contributed by atoms with Gasteiger partial charge in [0.15, 0.2) is 0 Å². The first kappa shape index (κ1) is 6.34. The second kappa shape index (κ2) is 5.34. The van der Waals surface area contributed by atoms with Crippen molar-refractivity contribution in [1.29, 1.82) is 0 Å². The molecule has 0 spiro atoms. The highest BCUT2D eigenvalue weighted by atomic mass is 14.9. The highest BCUT2D eigenvalue weighted by Crippen LogP contribution is 1.69. The van der Waals surface area contributed by atoms with Gasteiger partial charge in [0, 0.05) is 6.21 Å². The van der Waals surface area contributed by atoms with Gasteiger partial charge in [-0.2, -0.15) is 0 Å². The lowest BCUT2D eigenvalue weighted by molar-refractivity contribution is 1.08. The van der Waals surface area contributed by atoms with Gasteiger partial charge < -0.3 is 0 Å². The topological polar surface area (TPSA) is 24.7 Å². The van der Waals surface area contributed by atoms with E-state index in [1.165, 1.54) is 0 Å². The van der Waals surface area contributed by atoms with Crippen LogP contribution in [0.15, 0.2) is 9.98 Å². The molecule has 0 aliphatic carbocycles.